The smallest absolute Gasteiger partial charge is 0.274 e. The van der Waals surface area contributed by atoms with Crippen LogP contribution in [0.15, 0.2) is 48.6 Å². The van der Waals surface area contributed by atoms with E-state index < -0.39 is 0 Å². The van der Waals surface area contributed by atoms with Gasteiger partial charge in [-0.2, -0.15) is 0 Å². The minimum absolute atomic E-state index is 0.109. The molecule has 0 saturated heterocycles. The van der Waals surface area contributed by atoms with Crippen molar-refractivity contribution in [1.82, 2.24) is 0 Å². The Morgan fingerprint density at radius 2 is 1.88 bits per heavy atom. The molecule has 0 aromatic heterocycles. The van der Waals surface area contributed by atoms with Crippen molar-refractivity contribution < 1.29 is 4.92 Å². The summed E-state index contributed by atoms with van der Waals surface area (Å²) in [5, 5.41) is 16.1. The van der Waals surface area contributed by atoms with Gasteiger partial charge in [-0.05, 0) is 24.5 Å². The van der Waals surface area contributed by atoms with Crippen LogP contribution >= 0.6 is 23.2 Å². The van der Waals surface area contributed by atoms with Gasteiger partial charge in [0.15, 0.2) is 0 Å². The van der Waals surface area contributed by atoms with Gasteiger partial charge in [0.1, 0.15) is 0 Å². The zero-order chi connectivity index (χ0) is 16.8. The fourth-order valence-corrected chi connectivity index (χ4v) is 4.36. The Hall–Kier alpha value is -2.04. The number of benzene rings is 2. The molecule has 1 N–H and O–H groups in total. The Morgan fingerprint density at radius 1 is 1.12 bits per heavy atom. The quantitative estimate of drug-likeness (QED) is 0.422. The van der Waals surface area contributed by atoms with E-state index in [2.05, 4.69) is 17.5 Å². The Balaban J connectivity index is 1.88. The Kier molecular flexibility index (Phi) is 3.74. The highest BCUT2D eigenvalue weighted by atomic mass is 35.5. The third kappa shape index (κ3) is 2.29. The fraction of sp³-hybridized carbons (Fsp3) is 0.222. The summed E-state index contributed by atoms with van der Waals surface area (Å²) in [5.41, 5.74) is 2.57. The second-order valence-corrected chi connectivity index (χ2v) is 6.92. The number of nitrogens with zero attached hydrogens (tertiary/aromatic N) is 1. The van der Waals surface area contributed by atoms with Gasteiger partial charge in [0.05, 0.1) is 27.2 Å². The third-order valence-corrected chi connectivity index (χ3v) is 5.53. The van der Waals surface area contributed by atoms with Gasteiger partial charge in [-0.1, -0.05) is 53.6 Å². The number of allylic oxidation sites excluding steroid dienone is 2. The average Bonchev–Trinajstić information content (AvgIpc) is 3.06. The second kappa shape index (κ2) is 5.80. The van der Waals surface area contributed by atoms with E-state index in [1.807, 2.05) is 12.1 Å². The van der Waals surface area contributed by atoms with Crippen LogP contribution in [-0.4, -0.2) is 4.92 Å². The van der Waals surface area contributed by atoms with Crippen molar-refractivity contribution in [3.8, 4) is 0 Å². The van der Waals surface area contributed by atoms with Gasteiger partial charge in [0.2, 0.25) is 0 Å². The SMILES string of the molecule is O=[N+]([O-])c1ccccc1[C@@H]1Nc2c(Cl)ccc(Cl)c2[C@@H]2C=CC[C@H]21. The first-order chi connectivity index (χ1) is 11.6. The summed E-state index contributed by atoms with van der Waals surface area (Å²) in [6.45, 7) is 0. The summed E-state index contributed by atoms with van der Waals surface area (Å²) in [6, 6.07) is 10.3. The number of anilines is 1. The Bertz CT molecular complexity index is 866. The molecule has 1 aliphatic heterocycles. The first-order valence-electron chi connectivity index (χ1n) is 7.72. The van der Waals surface area contributed by atoms with Crippen molar-refractivity contribution in [2.75, 3.05) is 5.32 Å². The van der Waals surface area contributed by atoms with Crippen LogP contribution in [0.1, 0.15) is 29.5 Å². The number of hydrogen-bond donors (Lipinski definition) is 1. The predicted molar refractivity (Wildman–Crippen MR) is 95.9 cm³/mol. The second-order valence-electron chi connectivity index (χ2n) is 6.11. The minimum Gasteiger partial charge on any atom is -0.376 e. The fourth-order valence-electron chi connectivity index (χ4n) is 3.85. The molecular formula is C18H14Cl2N2O2. The lowest BCUT2D eigenvalue weighted by atomic mass is 9.76. The highest BCUT2D eigenvalue weighted by Gasteiger charge is 2.41. The molecule has 24 heavy (non-hydrogen) atoms. The zero-order valence-corrected chi connectivity index (χ0v) is 14.1. The van der Waals surface area contributed by atoms with Crippen LogP contribution in [0.3, 0.4) is 0 Å². The predicted octanol–water partition coefficient (Wildman–Crippen LogP) is 5.73. The maximum atomic E-state index is 11.4. The monoisotopic (exact) mass is 360 g/mol. The van der Waals surface area contributed by atoms with E-state index in [4.69, 9.17) is 23.2 Å². The summed E-state index contributed by atoms with van der Waals surface area (Å²) in [4.78, 5) is 11.1. The number of fused-ring (bicyclic) bond motifs is 3. The molecule has 0 bridgehead atoms. The normalized spacial score (nSPS) is 24.2. The van der Waals surface area contributed by atoms with E-state index in [-0.39, 0.29) is 28.5 Å². The van der Waals surface area contributed by atoms with Crippen LogP contribution < -0.4 is 5.32 Å². The first-order valence-corrected chi connectivity index (χ1v) is 8.48. The number of nitro benzene ring substituents is 1. The molecule has 122 valence electrons. The highest BCUT2D eigenvalue weighted by molar-refractivity contribution is 6.36. The zero-order valence-electron chi connectivity index (χ0n) is 12.6. The van der Waals surface area contributed by atoms with Gasteiger partial charge in [0, 0.05) is 22.6 Å². The van der Waals surface area contributed by atoms with E-state index in [0.29, 0.717) is 15.6 Å². The number of para-hydroxylation sites is 1. The number of nitrogens with one attached hydrogen (secondary N) is 1. The van der Waals surface area contributed by atoms with Crippen LogP contribution in [0.2, 0.25) is 10.0 Å². The van der Waals surface area contributed by atoms with Gasteiger partial charge in [-0.15, -0.1) is 0 Å². The molecule has 1 aliphatic carbocycles. The average molecular weight is 361 g/mol. The Morgan fingerprint density at radius 3 is 2.67 bits per heavy atom. The maximum absolute atomic E-state index is 11.4. The van der Waals surface area contributed by atoms with Crippen LogP contribution in [0.4, 0.5) is 11.4 Å². The molecule has 0 unspecified atom stereocenters. The summed E-state index contributed by atoms with van der Waals surface area (Å²) in [7, 11) is 0. The number of hydrogen-bond acceptors (Lipinski definition) is 3. The molecule has 4 nitrogen and oxygen atoms in total. The minimum atomic E-state index is -0.330. The first kappa shape index (κ1) is 15.5. The molecule has 2 aromatic rings. The van der Waals surface area contributed by atoms with Gasteiger partial charge < -0.3 is 5.32 Å². The largest absolute Gasteiger partial charge is 0.376 e. The molecule has 1 heterocycles. The molecule has 0 spiro atoms. The third-order valence-electron chi connectivity index (χ3n) is 4.88. The van der Waals surface area contributed by atoms with Crippen molar-refractivity contribution in [3.63, 3.8) is 0 Å². The van der Waals surface area contributed by atoms with Gasteiger partial charge in [-0.3, -0.25) is 10.1 Å². The van der Waals surface area contributed by atoms with Crippen molar-refractivity contribution in [1.29, 1.82) is 0 Å². The van der Waals surface area contributed by atoms with Crippen LogP contribution in [0.25, 0.3) is 0 Å². The van der Waals surface area contributed by atoms with E-state index in [0.717, 1.165) is 17.7 Å². The Labute approximate surface area is 149 Å². The molecule has 0 fully saturated rings. The van der Waals surface area contributed by atoms with E-state index >= 15 is 0 Å². The molecule has 0 amide bonds. The molecular weight excluding hydrogens is 347 g/mol. The number of halogens is 2. The molecule has 3 atom stereocenters. The van der Waals surface area contributed by atoms with Gasteiger partial charge in [-0.25, -0.2) is 0 Å². The summed E-state index contributed by atoms with van der Waals surface area (Å²) < 4.78 is 0. The van der Waals surface area contributed by atoms with Crippen molar-refractivity contribution in [2.24, 2.45) is 5.92 Å². The number of nitro groups is 1. The molecule has 6 heteroatoms. The standard InChI is InChI=1S/C18H14Cl2N2O2/c19-13-8-9-14(20)18-16(13)10-5-3-6-11(10)17(21-18)12-4-1-2-7-15(12)22(23)24/h1-5,7-11,17,21H,6H2/t10-,11-,17-/m1/s1. The van der Waals surface area contributed by atoms with Crippen molar-refractivity contribution >= 4 is 34.6 Å². The van der Waals surface area contributed by atoms with Crippen LogP contribution in [0.5, 0.6) is 0 Å². The number of rotatable bonds is 2. The van der Waals surface area contributed by atoms with Crippen molar-refractivity contribution in [2.45, 2.75) is 18.4 Å². The molecule has 2 aliphatic rings. The summed E-state index contributed by atoms with van der Waals surface area (Å²) in [5.74, 6) is 0.284. The van der Waals surface area contributed by atoms with Crippen LogP contribution in [0, 0.1) is 16.0 Å². The summed E-state index contributed by atoms with van der Waals surface area (Å²) >= 11 is 12.8. The van der Waals surface area contributed by atoms with Gasteiger partial charge in [0.25, 0.3) is 5.69 Å². The topological polar surface area (TPSA) is 55.2 Å². The van der Waals surface area contributed by atoms with E-state index in [9.17, 15) is 10.1 Å². The molecule has 4 rings (SSSR count). The maximum Gasteiger partial charge on any atom is 0.274 e. The lowest BCUT2D eigenvalue weighted by Gasteiger charge is -2.38. The van der Waals surface area contributed by atoms with E-state index in [1.165, 1.54) is 0 Å². The highest BCUT2D eigenvalue weighted by Crippen LogP contribution is 2.54. The lowest BCUT2D eigenvalue weighted by molar-refractivity contribution is -0.385. The lowest BCUT2D eigenvalue weighted by Crippen LogP contribution is -2.30. The van der Waals surface area contributed by atoms with Crippen LogP contribution in [-0.2, 0) is 0 Å². The molecule has 0 radical (unpaired) electrons. The van der Waals surface area contributed by atoms with Crippen molar-refractivity contribution in [3.05, 3.63) is 79.8 Å². The summed E-state index contributed by atoms with van der Waals surface area (Å²) in [6.07, 6.45) is 5.09. The molecule has 0 saturated carbocycles. The van der Waals surface area contributed by atoms with E-state index in [1.54, 1.807) is 24.3 Å². The molecule has 2 aromatic carbocycles. The van der Waals surface area contributed by atoms with Gasteiger partial charge >= 0.3 is 0 Å².